The molecular weight excluding hydrogens is 414 g/mol. The van der Waals surface area contributed by atoms with Crippen molar-refractivity contribution in [2.75, 3.05) is 43.4 Å². The number of amides is 1. The molecule has 31 heavy (non-hydrogen) atoms. The molecule has 4 rings (SSSR count). The molecule has 7 heteroatoms. The van der Waals surface area contributed by atoms with E-state index >= 15 is 0 Å². The molecule has 2 aliphatic rings. The predicted molar refractivity (Wildman–Crippen MR) is 123 cm³/mol. The number of carbonyl (C=O) groups excluding carboxylic acids is 2. The number of halogens is 1. The molecule has 2 N–H and O–H groups in total. The van der Waals surface area contributed by atoms with Gasteiger partial charge in [-0.25, -0.2) is 4.79 Å². The Morgan fingerprint density at radius 3 is 2.68 bits per heavy atom. The summed E-state index contributed by atoms with van der Waals surface area (Å²) in [6.45, 7) is 3.91. The lowest BCUT2D eigenvalue weighted by molar-refractivity contribution is 0.0830. The SMILES string of the molecule is O=C(Nc1cccc2c1CCN2)OCCCN1CCC(C(=O)c2ccc(Cl)cc2)CC1. The van der Waals surface area contributed by atoms with E-state index < -0.39 is 6.09 Å². The van der Waals surface area contributed by atoms with Gasteiger partial charge in [-0.15, -0.1) is 0 Å². The lowest BCUT2D eigenvalue weighted by Gasteiger charge is -2.31. The van der Waals surface area contributed by atoms with Gasteiger partial charge in [0.25, 0.3) is 0 Å². The van der Waals surface area contributed by atoms with Crippen LogP contribution in [0.1, 0.15) is 35.2 Å². The molecule has 2 heterocycles. The van der Waals surface area contributed by atoms with E-state index in [9.17, 15) is 9.59 Å². The number of carbonyl (C=O) groups is 2. The van der Waals surface area contributed by atoms with Gasteiger partial charge in [0.1, 0.15) is 0 Å². The molecule has 0 spiro atoms. The maximum Gasteiger partial charge on any atom is 0.411 e. The topological polar surface area (TPSA) is 70.7 Å². The van der Waals surface area contributed by atoms with Crippen molar-refractivity contribution in [3.8, 4) is 0 Å². The number of likely N-dealkylation sites (tertiary alicyclic amines) is 1. The second kappa shape index (κ2) is 10.2. The Morgan fingerprint density at radius 2 is 1.90 bits per heavy atom. The lowest BCUT2D eigenvalue weighted by Crippen LogP contribution is -2.37. The summed E-state index contributed by atoms with van der Waals surface area (Å²) in [7, 11) is 0. The van der Waals surface area contributed by atoms with Crippen LogP contribution in [0.5, 0.6) is 0 Å². The zero-order chi connectivity index (χ0) is 21.6. The summed E-state index contributed by atoms with van der Waals surface area (Å²) in [5.74, 6) is 0.278. The minimum absolute atomic E-state index is 0.0709. The number of ether oxygens (including phenoxy) is 1. The van der Waals surface area contributed by atoms with Crippen molar-refractivity contribution in [1.29, 1.82) is 0 Å². The fourth-order valence-corrected chi connectivity index (χ4v) is 4.45. The van der Waals surface area contributed by atoms with E-state index in [1.54, 1.807) is 24.3 Å². The van der Waals surface area contributed by atoms with Crippen molar-refractivity contribution in [2.45, 2.75) is 25.7 Å². The van der Waals surface area contributed by atoms with Crippen molar-refractivity contribution >= 4 is 34.9 Å². The number of piperidine rings is 1. The van der Waals surface area contributed by atoms with Crippen LogP contribution in [0, 0.1) is 5.92 Å². The van der Waals surface area contributed by atoms with Crippen molar-refractivity contribution < 1.29 is 14.3 Å². The van der Waals surface area contributed by atoms with Gasteiger partial charge in [0.05, 0.1) is 6.61 Å². The van der Waals surface area contributed by atoms with Crippen molar-refractivity contribution in [1.82, 2.24) is 4.90 Å². The lowest BCUT2D eigenvalue weighted by atomic mass is 9.89. The quantitative estimate of drug-likeness (QED) is 0.475. The van der Waals surface area contributed by atoms with E-state index in [1.807, 2.05) is 18.2 Å². The fraction of sp³-hybridized carbons (Fsp3) is 0.417. The zero-order valence-corrected chi connectivity index (χ0v) is 18.3. The summed E-state index contributed by atoms with van der Waals surface area (Å²) in [5.41, 5.74) is 3.77. The minimum atomic E-state index is -0.410. The summed E-state index contributed by atoms with van der Waals surface area (Å²) in [6, 6.07) is 13.0. The second-order valence-corrected chi connectivity index (χ2v) is 8.55. The zero-order valence-electron chi connectivity index (χ0n) is 17.5. The highest BCUT2D eigenvalue weighted by atomic mass is 35.5. The molecule has 1 fully saturated rings. The van der Waals surface area contributed by atoms with Crippen LogP contribution in [0.3, 0.4) is 0 Å². The smallest absolute Gasteiger partial charge is 0.411 e. The van der Waals surface area contributed by atoms with Gasteiger partial charge in [0, 0.05) is 46.5 Å². The third kappa shape index (κ3) is 5.57. The van der Waals surface area contributed by atoms with E-state index in [0.717, 1.165) is 74.4 Å². The van der Waals surface area contributed by atoms with E-state index in [4.69, 9.17) is 16.3 Å². The summed E-state index contributed by atoms with van der Waals surface area (Å²) >= 11 is 5.91. The number of hydrogen-bond acceptors (Lipinski definition) is 5. The fourth-order valence-electron chi connectivity index (χ4n) is 4.33. The first kappa shape index (κ1) is 21.7. The Labute approximate surface area is 187 Å². The molecule has 0 saturated carbocycles. The van der Waals surface area contributed by atoms with Gasteiger partial charge in [0.15, 0.2) is 5.78 Å². The Balaban J connectivity index is 1.14. The Hall–Kier alpha value is -2.57. The molecule has 2 aromatic rings. The first-order valence-electron chi connectivity index (χ1n) is 10.9. The molecule has 0 radical (unpaired) electrons. The van der Waals surface area contributed by atoms with Crippen LogP contribution >= 0.6 is 11.6 Å². The average molecular weight is 442 g/mol. The molecule has 2 aliphatic heterocycles. The van der Waals surface area contributed by atoms with E-state index in [0.29, 0.717) is 11.6 Å². The van der Waals surface area contributed by atoms with Gasteiger partial charge in [-0.1, -0.05) is 17.7 Å². The molecule has 0 aliphatic carbocycles. The van der Waals surface area contributed by atoms with Crippen molar-refractivity contribution in [3.63, 3.8) is 0 Å². The Morgan fingerprint density at radius 1 is 1.13 bits per heavy atom. The third-order valence-corrected chi connectivity index (χ3v) is 6.29. The van der Waals surface area contributed by atoms with Crippen molar-refractivity contribution in [3.05, 3.63) is 58.6 Å². The molecule has 2 aromatic carbocycles. The van der Waals surface area contributed by atoms with Gasteiger partial charge < -0.3 is 15.0 Å². The molecule has 164 valence electrons. The Bertz CT molecular complexity index is 924. The summed E-state index contributed by atoms with van der Waals surface area (Å²) in [4.78, 5) is 27.1. The van der Waals surface area contributed by atoms with Gasteiger partial charge in [0.2, 0.25) is 0 Å². The largest absolute Gasteiger partial charge is 0.449 e. The van der Waals surface area contributed by atoms with E-state index in [2.05, 4.69) is 15.5 Å². The molecular formula is C24H28ClN3O3. The number of fused-ring (bicyclic) bond motifs is 1. The number of anilines is 2. The number of benzene rings is 2. The van der Waals surface area contributed by atoms with Crippen LogP contribution < -0.4 is 10.6 Å². The molecule has 1 amide bonds. The molecule has 0 bridgehead atoms. The van der Waals surface area contributed by atoms with Gasteiger partial charge in [-0.3, -0.25) is 10.1 Å². The van der Waals surface area contributed by atoms with Crippen LogP contribution in [-0.4, -0.2) is 49.6 Å². The van der Waals surface area contributed by atoms with E-state index in [-0.39, 0.29) is 11.7 Å². The van der Waals surface area contributed by atoms with Crippen LogP contribution in [0.25, 0.3) is 0 Å². The monoisotopic (exact) mass is 441 g/mol. The number of ketones is 1. The van der Waals surface area contributed by atoms with Crippen LogP contribution in [-0.2, 0) is 11.2 Å². The second-order valence-electron chi connectivity index (χ2n) is 8.11. The molecule has 6 nitrogen and oxygen atoms in total. The summed E-state index contributed by atoms with van der Waals surface area (Å²) < 4.78 is 5.36. The molecule has 0 aromatic heterocycles. The van der Waals surface area contributed by atoms with Gasteiger partial charge in [-0.2, -0.15) is 0 Å². The molecule has 0 atom stereocenters. The van der Waals surface area contributed by atoms with Crippen LogP contribution in [0.4, 0.5) is 16.2 Å². The highest BCUT2D eigenvalue weighted by molar-refractivity contribution is 6.30. The van der Waals surface area contributed by atoms with E-state index in [1.165, 1.54) is 0 Å². The number of nitrogens with one attached hydrogen (secondary N) is 2. The summed E-state index contributed by atoms with van der Waals surface area (Å²) in [6.07, 6.45) is 2.99. The highest BCUT2D eigenvalue weighted by Crippen LogP contribution is 2.29. The van der Waals surface area contributed by atoms with Crippen LogP contribution in [0.15, 0.2) is 42.5 Å². The summed E-state index contributed by atoms with van der Waals surface area (Å²) in [5, 5.41) is 6.80. The standard InChI is InChI=1S/C24H28ClN3O3/c25-19-7-5-17(6-8-19)23(29)18-10-14-28(15-11-18)13-2-16-31-24(30)27-22-4-1-3-21-20(22)9-12-26-21/h1,3-8,18,26H,2,9-16H2,(H,27,30). The number of rotatable bonds is 7. The first-order valence-corrected chi connectivity index (χ1v) is 11.3. The Kier molecular flexibility index (Phi) is 7.10. The normalized spacial score (nSPS) is 16.4. The highest BCUT2D eigenvalue weighted by Gasteiger charge is 2.25. The number of nitrogens with zero attached hydrogens (tertiary/aromatic N) is 1. The first-order chi connectivity index (χ1) is 15.1. The van der Waals surface area contributed by atoms with Gasteiger partial charge in [-0.05, 0) is 75.2 Å². The maximum absolute atomic E-state index is 12.6. The average Bonchev–Trinajstić information content (AvgIpc) is 3.27. The number of Topliss-reactive ketones (excluding diaryl/α,β-unsaturated/α-hetero) is 1. The molecule has 0 unspecified atom stereocenters. The maximum atomic E-state index is 12.6. The van der Waals surface area contributed by atoms with Crippen LogP contribution in [0.2, 0.25) is 5.02 Å². The number of hydrogen-bond donors (Lipinski definition) is 2. The predicted octanol–water partition coefficient (Wildman–Crippen LogP) is 4.84. The van der Waals surface area contributed by atoms with Gasteiger partial charge >= 0.3 is 6.09 Å². The minimum Gasteiger partial charge on any atom is -0.449 e. The third-order valence-electron chi connectivity index (χ3n) is 6.04. The van der Waals surface area contributed by atoms with Crippen molar-refractivity contribution in [2.24, 2.45) is 5.92 Å². The molecule has 1 saturated heterocycles.